The maximum absolute atomic E-state index is 13.0. The lowest BCUT2D eigenvalue weighted by molar-refractivity contribution is 0.414. The van der Waals surface area contributed by atoms with Gasteiger partial charge in [-0.2, -0.15) is 0 Å². The molecule has 2 N–H and O–H groups in total. The number of benzene rings is 3. The second-order valence-electron chi connectivity index (χ2n) is 6.76. The van der Waals surface area contributed by atoms with Gasteiger partial charge >= 0.3 is 5.63 Å². The first-order valence-electron chi connectivity index (χ1n) is 9.48. The van der Waals surface area contributed by atoms with Crippen molar-refractivity contribution in [2.75, 3.05) is 17.1 Å². The highest BCUT2D eigenvalue weighted by Crippen LogP contribution is 2.30. The van der Waals surface area contributed by atoms with Crippen LogP contribution in [0, 0.1) is 0 Å². The van der Waals surface area contributed by atoms with Gasteiger partial charge in [-0.15, -0.1) is 0 Å². The summed E-state index contributed by atoms with van der Waals surface area (Å²) in [6, 6.07) is 22.4. The van der Waals surface area contributed by atoms with Gasteiger partial charge in [-0.1, -0.05) is 42.5 Å². The minimum Gasteiger partial charge on any atom is -0.497 e. The number of fused-ring (bicyclic) bond motifs is 1. The lowest BCUT2D eigenvalue weighted by Gasteiger charge is -2.15. The fourth-order valence-corrected chi connectivity index (χ4v) is 4.23. The summed E-state index contributed by atoms with van der Waals surface area (Å²) in [4.78, 5) is 12.7. The standard InChI is InChI=1S/C23H20N2O5S/c1-29-17-11-13-18(14-12-17)31(27,28)25-22-21(24-15-16-7-3-2-4-8-16)19-9-5-6-10-20(19)30-23(22)26/h2-14,24-25H,15H2,1H3. The van der Waals surface area contributed by atoms with E-state index in [-0.39, 0.29) is 10.6 Å². The lowest BCUT2D eigenvalue weighted by Crippen LogP contribution is -2.20. The number of anilines is 2. The third kappa shape index (κ3) is 4.39. The highest BCUT2D eigenvalue weighted by atomic mass is 32.2. The summed E-state index contributed by atoms with van der Waals surface area (Å²) >= 11 is 0. The number of hydrogen-bond acceptors (Lipinski definition) is 6. The van der Waals surface area contributed by atoms with Crippen molar-refractivity contribution in [3.63, 3.8) is 0 Å². The second-order valence-corrected chi connectivity index (χ2v) is 8.44. The Hall–Kier alpha value is -3.78. The summed E-state index contributed by atoms with van der Waals surface area (Å²) in [5.74, 6) is 0.523. The Morgan fingerprint density at radius 3 is 2.26 bits per heavy atom. The SMILES string of the molecule is COc1ccc(S(=O)(=O)Nc2c(NCc3ccccc3)c3ccccc3oc2=O)cc1. The molecule has 158 valence electrons. The van der Waals surface area contributed by atoms with Crippen LogP contribution in [0.5, 0.6) is 5.75 Å². The van der Waals surface area contributed by atoms with E-state index in [0.29, 0.717) is 29.0 Å². The number of methoxy groups -OCH3 is 1. The molecule has 4 rings (SSSR count). The van der Waals surface area contributed by atoms with Gasteiger partial charge < -0.3 is 14.5 Å². The Morgan fingerprint density at radius 2 is 1.55 bits per heavy atom. The predicted octanol–water partition coefficient (Wildman–Crippen LogP) is 4.21. The molecule has 1 heterocycles. The molecule has 0 amide bonds. The largest absolute Gasteiger partial charge is 0.497 e. The summed E-state index contributed by atoms with van der Waals surface area (Å²) in [7, 11) is -2.55. The molecule has 0 unspecified atom stereocenters. The first-order chi connectivity index (χ1) is 15.0. The van der Waals surface area contributed by atoms with Crippen LogP contribution in [0.4, 0.5) is 11.4 Å². The number of ether oxygens (including phenoxy) is 1. The molecule has 0 fully saturated rings. The molecular formula is C23H20N2O5S. The molecule has 7 nitrogen and oxygen atoms in total. The zero-order valence-electron chi connectivity index (χ0n) is 16.7. The monoisotopic (exact) mass is 436 g/mol. The van der Waals surface area contributed by atoms with Gasteiger partial charge in [0.15, 0.2) is 5.69 Å². The zero-order valence-corrected chi connectivity index (χ0v) is 17.5. The Bertz CT molecular complexity index is 1370. The van der Waals surface area contributed by atoms with E-state index in [4.69, 9.17) is 9.15 Å². The van der Waals surface area contributed by atoms with Crippen LogP contribution in [-0.2, 0) is 16.6 Å². The van der Waals surface area contributed by atoms with Crippen LogP contribution in [-0.4, -0.2) is 15.5 Å². The number of sulfonamides is 1. The summed E-state index contributed by atoms with van der Waals surface area (Å²) in [6.07, 6.45) is 0. The molecule has 0 saturated heterocycles. The van der Waals surface area contributed by atoms with E-state index in [1.165, 1.54) is 31.4 Å². The van der Waals surface area contributed by atoms with Crippen molar-refractivity contribution in [2.45, 2.75) is 11.4 Å². The van der Waals surface area contributed by atoms with Crippen LogP contribution < -0.4 is 20.4 Å². The van der Waals surface area contributed by atoms with Gasteiger partial charge in [0.05, 0.1) is 17.7 Å². The van der Waals surface area contributed by atoms with E-state index in [1.54, 1.807) is 24.3 Å². The number of hydrogen-bond donors (Lipinski definition) is 2. The van der Waals surface area contributed by atoms with Gasteiger partial charge in [-0.05, 0) is 42.0 Å². The van der Waals surface area contributed by atoms with Crippen molar-refractivity contribution in [2.24, 2.45) is 0 Å². The highest BCUT2D eigenvalue weighted by Gasteiger charge is 2.22. The Balaban J connectivity index is 1.77. The first-order valence-corrected chi connectivity index (χ1v) is 11.0. The molecular weight excluding hydrogens is 416 g/mol. The van der Waals surface area contributed by atoms with E-state index >= 15 is 0 Å². The molecule has 3 aromatic carbocycles. The van der Waals surface area contributed by atoms with Crippen LogP contribution >= 0.6 is 0 Å². The fourth-order valence-electron chi connectivity index (χ4n) is 3.16. The van der Waals surface area contributed by atoms with Crippen LogP contribution in [0.15, 0.2) is 93.0 Å². The maximum atomic E-state index is 13.0. The van der Waals surface area contributed by atoms with Crippen molar-refractivity contribution in [3.8, 4) is 5.75 Å². The van der Waals surface area contributed by atoms with Crippen molar-refractivity contribution >= 4 is 32.4 Å². The van der Waals surface area contributed by atoms with E-state index in [0.717, 1.165) is 5.56 Å². The van der Waals surface area contributed by atoms with Gasteiger partial charge in [-0.3, -0.25) is 4.72 Å². The molecule has 0 bridgehead atoms. The van der Waals surface area contributed by atoms with Gasteiger partial charge in [0, 0.05) is 11.9 Å². The van der Waals surface area contributed by atoms with Gasteiger partial charge in [0.2, 0.25) is 0 Å². The molecule has 31 heavy (non-hydrogen) atoms. The molecule has 1 aromatic heterocycles. The Morgan fingerprint density at radius 1 is 0.871 bits per heavy atom. The van der Waals surface area contributed by atoms with Crippen LogP contribution in [0.25, 0.3) is 11.0 Å². The topological polar surface area (TPSA) is 97.6 Å². The van der Waals surface area contributed by atoms with Crippen molar-refractivity contribution in [1.29, 1.82) is 0 Å². The van der Waals surface area contributed by atoms with Crippen LogP contribution in [0.1, 0.15) is 5.56 Å². The molecule has 0 aliphatic rings. The summed E-state index contributed by atoms with van der Waals surface area (Å²) in [5, 5.41) is 3.79. The first kappa shape index (κ1) is 20.5. The molecule has 0 radical (unpaired) electrons. The van der Waals surface area contributed by atoms with Gasteiger partial charge in [0.25, 0.3) is 10.0 Å². The lowest BCUT2D eigenvalue weighted by atomic mass is 10.1. The third-order valence-electron chi connectivity index (χ3n) is 4.73. The second kappa shape index (κ2) is 8.53. The fraction of sp³-hybridized carbons (Fsp3) is 0.0870. The van der Waals surface area contributed by atoms with Crippen LogP contribution in [0.2, 0.25) is 0 Å². The van der Waals surface area contributed by atoms with Crippen molar-refractivity contribution in [3.05, 3.63) is 94.8 Å². The minimum atomic E-state index is -4.04. The minimum absolute atomic E-state index is 0.00475. The average Bonchev–Trinajstić information content (AvgIpc) is 2.79. The normalized spacial score (nSPS) is 11.3. The third-order valence-corrected chi connectivity index (χ3v) is 6.10. The Labute approximate surface area is 179 Å². The van der Waals surface area contributed by atoms with E-state index in [1.807, 2.05) is 30.3 Å². The molecule has 0 aliphatic carbocycles. The predicted molar refractivity (Wildman–Crippen MR) is 120 cm³/mol. The molecule has 0 atom stereocenters. The maximum Gasteiger partial charge on any atom is 0.363 e. The summed E-state index contributed by atoms with van der Waals surface area (Å²) < 4.78 is 38.7. The van der Waals surface area contributed by atoms with Gasteiger partial charge in [0.1, 0.15) is 11.3 Å². The van der Waals surface area contributed by atoms with Gasteiger partial charge in [-0.25, -0.2) is 13.2 Å². The average molecular weight is 436 g/mol. The Kier molecular flexibility index (Phi) is 5.64. The van der Waals surface area contributed by atoms with Crippen LogP contribution in [0.3, 0.4) is 0 Å². The van der Waals surface area contributed by atoms with E-state index < -0.39 is 15.6 Å². The molecule has 8 heteroatoms. The van der Waals surface area contributed by atoms with E-state index in [9.17, 15) is 13.2 Å². The molecule has 0 saturated carbocycles. The number of rotatable bonds is 7. The zero-order chi connectivity index (χ0) is 21.8. The smallest absolute Gasteiger partial charge is 0.363 e. The highest BCUT2D eigenvalue weighted by molar-refractivity contribution is 7.92. The number of nitrogens with one attached hydrogen (secondary N) is 2. The molecule has 4 aromatic rings. The quantitative estimate of drug-likeness (QED) is 0.421. The summed E-state index contributed by atoms with van der Waals surface area (Å²) in [5.41, 5.74) is 0.726. The van der Waals surface area contributed by atoms with E-state index in [2.05, 4.69) is 10.0 Å². The molecule has 0 aliphatic heterocycles. The van der Waals surface area contributed by atoms with Crippen molar-refractivity contribution < 1.29 is 17.6 Å². The van der Waals surface area contributed by atoms with Crippen molar-refractivity contribution in [1.82, 2.24) is 0 Å². The molecule has 0 spiro atoms. The summed E-state index contributed by atoms with van der Waals surface area (Å²) in [6.45, 7) is 0.394. The number of para-hydroxylation sites is 1.